The van der Waals surface area contributed by atoms with Crippen molar-refractivity contribution in [1.29, 1.82) is 0 Å². The maximum Gasteiger partial charge on any atom is 0.416 e. The number of hydrogen-bond donors (Lipinski definition) is 2. The molecule has 4 nitrogen and oxygen atoms in total. The Balaban J connectivity index is 2.26. The van der Waals surface area contributed by atoms with Gasteiger partial charge in [-0.05, 0) is 43.6 Å². The van der Waals surface area contributed by atoms with Gasteiger partial charge in [0.1, 0.15) is 12.4 Å². The van der Waals surface area contributed by atoms with E-state index in [1.54, 1.807) is 0 Å². The lowest BCUT2D eigenvalue weighted by Crippen LogP contribution is -2.48. The quantitative estimate of drug-likeness (QED) is 0.809. The molecule has 1 saturated heterocycles. The number of ether oxygens (including phenoxy) is 1. The SMILES string of the molecule is C=CCOc1ccc(C(F)(F)F)cc1C(=O)NC1CCNCC1C. The zero-order valence-corrected chi connectivity index (χ0v) is 13.5. The van der Waals surface area contributed by atoms with E-state index >= 15 is 0 Å². The third-order valence-electron chi connectivity index (χ3n) is 4.01. The van der Waals surface area contributed by atoms with Crippen LogP contribution in [-0.4, -0.2) is 31.6 Å². The van der Waals surface area contributed by atoms with Crippen LogP contribution in [0, 0.1) is 5.92 Å². The summed E-state index contributed by atoms with van der Waals surface area (Å²) in [5, 5.41) is 6.04. The Kier molecular flexibility index (Phi) is 5.88. The average Bonchev–Trinajstić information content (AvgIpc) is 2.54. The van der Waals surface area contributed by atoms with Crippen LogP contribution >= 0.6 is 0 Å². The lowest BCUT2D eigenvalue weighted by Gasteiger charge is -2.30. The van der Waals surface area contributed by atoms with Gasteiger partial charge in [-0.1, -0.05) is 19.6 Å². The van der Waals surface area contributed by atoms with Gasteiger partial charge >= 0.3 is 6.18 Å². The van der Waals surface area contributed by atoms with Gasteiger partial charge in [-0.25, -0.2) is 0 Å². The second-order valence-corrected chi connectivity index (χ2v) is 5.86. The molecule has 7 heteroatoms. The largest absolute Gasteiger partial charge is 0.489 e. The van der Waals surface area contributed by atoms with Gasteiger partial charge in [0, 0.05) is 6.04 Å². The van der Waals surface area contributed by atoms with Crippen molar-refractivity contribution in [1.82, 2.24) is 10.6 Å². The summed E-state index contributed by atoms with van der Waals surface area (Å²) < 4.78 is 44.1. The van der Waals surface area contributed by atoms with Crippen molar-refractivity contribution >= 4 is 5.91 Å². The van der Waals surface area contributed by atoms with Crippen molar-refractivity contribution in [2.75, 3.05) is 19.7 Å². The Labute approximate surface area is 139 Å². The highest BCUT2D eigenvalue weighted by molar-refractivity contribution is 5.97. The van der Waals surface area contributed by atoms with E-state index in [4.69, 9.17) is 4.74 Å². The monoisotopic (exact) mass is 342 g/mol. The highest BCUT2D eigenvalue weighted by Crippen LogP contribution is 2.32. The van der Waals surface area contributed by atoms with E-state index in [1.807, 2.05) is 6.92 Å². The fraction of sp³-hybridized carbons (Fsp3) is 0.471. The molecule has 1 amide bonds. The number of halogens is 3. The second-order valence-electron chi connectivity index (χ2n) is 5.86. The minimum atomic E-state index is -4.52. The maximum atomic E-state index is 12.9. The van der Waals surface area contributed by atoms with Crippen molar-refractivity contribution in [2.24, 2.45) is 5.92 Å². The summed E-state index contributed by atoms with van der Waals surface area (Å²) in [6.45, 7) is 7.11. The Morgan fingerprint density at radius 2 is 2.25 bits per heavy atom. The van der Waals surface area contributed by atoms with Gasteiger partial charge in [0.2, 0.25) is 0 Å². The number of carbonyl (C=O) groups excluding carboxylic acids is 1. The summed E-state index contributed by atoms with van der Waals surface area (Å²) in [5.41, 5.74) is -0.991. The molecule has 0 spiro atoms. The first-order valence-corrected chi connectivity index (χ1v) is 7.79. The number of amides is 1. The molecular formula is C17H21F3N2O2. The molecule has 0 saturated carbocycles. The molecule has 1 fully saturated rings. The molecule has 1 aliphatic rings. The van der Waals surface area contributed by atoms with Crippen molar-refractivity contribution < 1.29 is 22.7 Å². The Morgan fingerprint density at radius 3 is 2.88 bits per heavy atom. The van der Waals surface area contributed by atoms with Crippen LogP contribution in [0.15, 0.2) is 30.9 Å². The van der Waals surface area contributed by atoms with Crippen LogP contribution in [0.5, 0.6) is 5.75 Å². The van der Waals surface area contributed by atoms with E-state index < -0.39 is 17.6 Å². The van der Waals surface area contributed by atoms with Crippen molar-refractivity contribution in [3.05, 3.63) is 42.0 Å². The van der Waals surface area contributed by atoms with Crippen LogP contribution in [0.4, 0.5) is 13.2 Å². The molecule has 1 heterocycles. The summed E-state index contributed by atoms with van der Waals surface area (Å²) in [4.78, 5) is 12.5. The smallest absolute Gasteiger partial charge is 0.416 e. The maximum absolute atomic E-state index is 12.9. The summed E-state index contributed by atoms with van der Waals surface area (Å²) >= 11 is 0. The highest BCUT2D eigenvalue weighted by atomic mass is 19.4. The Hall–Kier alpha value is -2.02. The molecule has 0 aromatic heterocycles. The van der Waals surface area contributed by atoms with Crippen LogP contribution in [0.1, 0.15) is 29.3 Å². The van der Waals surface area contributed by atoms with E-state index in [0.29, 0.717) is 0 Å². The van der Waals surface area contributed by atoms with Crippen LogP contribution < -0.4 is 15.4 Å². The average molecular weight is 342 g/mol. The van der Waals surface area contributed by atoms with Crippen molar-refractivity contribution in [3.63, 3.8) is 0 Å². The Morgan fingerprint density at radius 1 is 1.50 bits per heavy atom. The minimum absolute atomic E-state index is 0.0828. The van der Waals surface area contributed by atoms with Crippen LogP contribution in [0.2, 0.25) is 0 Å². The molecule has 1 aromatic rings. The lowest BCUT2D eigenvalue weighted by molar-refractivity contribution is -0.137. The van der Waals surface area contributed by atoms with Gasteiger partial charge in [-0.2, -0.15) is 13.2 Å². The number of carbonyl (C=O) groups is 1. The van der Waals surface area contributed by atoms with Gasteiger partial charge < -0.3 is 15.4 Å². The van der Waals surface area contributed by atoms with Crippen molar-refractivity contribution in [3.8, 4) is 5.75 Å². The number of rotatable bonds is 5. The normalized spacial score (nSPS) is 21.2. The van der Waals surface area contributed by atoms with E-state index in [9.17, 15) is 18.0 Å². The number of piperidine rings is 1. The van der Waals surface area contributed by atoms with E-state index in [-0.39, 0.29) is 29.9 Å². The molecule has 1 aliphatic heterocycles. The molecule has 0 radical (unpaired) electrons. The van der Waals surface area contributed by atoms with E-state index in [2.05, 4.69) is 17.2 Å². The molecule has 2 atom stereocenters. The van der Waals surface area contributed by atoms with Crippen LogP contribution in [0.25, 0.3) is 0 Å². The van der Waals surface area contributed by atoms with E-state index in [1.165, 1.54) is 12.1 Å². The molecule has 1 aromatic carbocycles. The lowest BCUT2D eigenvalue weighted by atomic mass is 9.95. The summed E-state index contributed by atoms with van der Waals surface area (Å²) in [6.07, 6.45) is -2.32. The third kappa shape index (κ3) is 4.50. The van der Waals surface area contributed by atoms with Crippen LogP contribution in [-0.2, 0) is 6.18 Å². The molecule has 2 N–H and O–H groups in total. The van der Waals surface area contributed by atoms with Crippen molar-refractivity contribution in [2.45, 2.75) is 25.6 Å². The minimum Gasteiger partial charge on any atom is -0.489 e. The van der Waals surface area contributed by atoms with Gasteiger partial charge in [0.25, 0.3) is 5.91 Å². The number of alkyl halides is 3. The highest BCUT2D eigenvalue weighted by Gasteiger charge is 2.32. The van der Waals surface area contributed by atoms with Gasteiger partial charge in [-0.3, -0.25) is 4.79 Å². The third-order valence-corrected chi connectivity index (χ3v) is 4.01. The predicted molar refractivity (Wildman–Crippen MR) is 85.0 cm³/mol. The first-order chi connectivity index (χ1) is 11.3. The van der Waals surface area contributed by atoms with Gasteiger partial charge in [0.15, 0.2) is 0 Å². The molecule has 24 heavy (non-hydrogen) atoms. The number of hydrogen-bond acceptors (Lipinski definition) is 3. The van der Waals surface area contributed by atoms with Gasteiger partial charge in [0.05, 0.1) is 11.1 Å². The fourth-order valence-electron chi connectivity index (χ4n) is 2.63. The van der Waals surface area contributed by atoms with Gasteiger partial charge in [-0.15, -0.1) is 0 Å². The van der Waals surface area contributed by atoms with Crippen LogP contribution in [0.3, 0.4) is 0 Å². The standard InChI is InChI=1S/C17H21F3N2O2/c1-3-8-24-15-5-4-12(17(18,19)20)9-13(15)16(23)22-14-6-7-21-10-11(14)2/h3-5,9,11,14,21H,1,6-8,10H2,2H3,(H,22,23). The predicted octanol–water partition coefficient (Wildman–Crippen LogP) is 3.00. The number of nitrogens with one attached hydrogen (secondary N) is 2. The van der Waals surface area contributed by atoms with E-state index in [0.717, 1.165) is 31.6 Å². The molecule has 132 valence electrons. The molecule has 2 unspecified atom stereocenters. The Bertz CT molecular complexity index is 602. The zero-order chi connectivity index (χ0) is 17.7. The first-order valence-electron chi connectivity index (χ1n) is 7.79. The number of benzene rings is 1. The first kappa shape index (κ1) is 18.3. The summed E-state index contributed by atoms with van der Waals surface area (Å²) in [6, 6.07) is 2.83. The molecule has 0 aliphatic carbocycles. The molecular weight excluding hydrogens is 321 g/mol. The fourth-order valence-corrected chi connectivity index (χ4v) is 2.63. The molecule has 0 bridgehead atoms. The summed E-state index contributed by atoms with van der Waals surface area (Å²) in [5.74, 6) is -0.244. The summed E-state index contributed by atoms with van der Waals surface area (Å²) in [7, 11) is 0. The second kappa shape index (κ2) is 7.70. The zero-order valence-electron chi connectivity index (χ0n) is 13.5. The topological polar surface area (TPSA) is 50.4 Å². The molecule has 2 rings (SSSR count).